The Labute approximate surface area is 124 Å². The quantitative estimate of drug-likeness (QED) is 0.858. The molecule has 114 valence electrons. The predicted octanol–water partition coefficient (Wildman–Crippen LogP) is 2.43. The van der Waals surface area contributed by atoms with Gasteiger partial charge >= 0.3 is 0 Å². The van der Waals surface area contributed by atoms with Crippen LogP contribution in [0, 0.1) is 5.82 Å². The summed E-state index contributed by atoms with van der Waals surface area (Å²) < 4.78 is 18.8. The van der Waals surface area contributed by atoms with E-state index in [9.17, 15) is 9.18 Å². The zero-order valence-electron chi connectivity index (χ0n) is 12.3. The van der Waals surface area contributed by atoms with Crippen molar-refractivity contribution >= 4 is 11.6 Å². The van der Waals surface area contributed by atoms with Gasteiger partial charge in [-0.05, 0) is 45.0 Å². The fourth-order valence-electron chi connectivity index (χ4n) is 3.21. The molecule has 2 aliphatic heterocycles. The number of likely N-dealkylation sites (tertiary alicyclic amines) is 1. The van der Waals surface area contributed by atoms with E-state index >= 15 is 0 Å². The number of benzene rings is 1. The molecule has 1 aromatic rings. The molecular formula is C16H21FN2O2. The number of rotatable bonds is 3. The summed E-state index contributed by atoms with van der Waals surface area (Å²) in [6, 6.07) is 4.85. The number of nitrogens with zero attached hydrogens (tertiary/aromatic N) is 2. The SMILES string of the molecule is CN1CCCC[C@@H]1CCN1C(=O)COc2ccc(F)cc21. The van der Waals surface area contributed by atoms with E-state index in [1.54, 1.807) is 11.0 Å². The number of anilines is 1. The highest BCUT2D eigenvalue weighted by atomic mass is 19.1. The second-order valence-electron chi connectivity index (χ2n) is 5.86. The molecule has 1 fully saturated rings. The van der Waals surface area contributed by atoms with Crippen LogP contribution >= 0.6 is 0 Å². The van der Waals surface area contributed by atoms with Crippen LogP contribution in [0.15, 0.2) is 18.2 Å². The van der Waals surface area contributed by atoms with Crippen LogP contribution in [0.25, 0.3) is 0 Å². The summed E-state index contributed by atoms with van der Waals surface area (Å²) in [7, 11) is 2.14. The topological polar surface area (TPSA) is 32.8 Å². The van der Waals surface area contributed by atoms with E-state index in [4.69, 9.17) is 4.74 Å². The minimum Gasteiger partial charge on any atom is -0.482 e. The number of piperidine rings is 1. The van der Waals surface area contributed by atoms with Gasteiger partial charge in [0.05, 0.1) is 5.69 Å². The molecule has 4 nitrogen and oxygen atoms in total. The van der Waals surface area contributed by atoms with E-state index in [1.165, 1.54) is 31.4 Å². The lowest BCUT2D eigenvalue weighted by Crippen LogP contribution is -2.43. The van der Waals surface area contributed by atoms with Crippen LogP contribution in [-0.4, -0.2) is 43.6 Å². The lowest BCUT2D eigenvalue weighted by molar-refractivity contribution is -0.121. The average Bonchev–Trinajstić information content (AvgIpc) is 2.48. The van der Waals surface area contributed by atoms with Gasteiger partial charge in [-0.15, -0.1) is 0 Å². The van der Waals surface area contributed by atoms with Crippen molar-refractivity contribution in [3.8, 4) is 5.75 Å². The van der Waals surface area contributed by atoms with Crippen LogP contribution in [0.4, 0.5) is 10.1 Å². The highest BCUT2D eigenvalue weighted by molar-refractivity contribution is 5.97. The molecule has 0 unspecified atom stereocenters. The van der Waals surface area contributed by atoms with Gasteiger partial charge in [-0.25, -0.2) is 4.39 Å². The molecule has 0 radical (unpaired) electrons. The van der Waals surface area contributed by atoms with Crippen LogP contribution in [0.1, 0.15) is 25.7 Å². The molecule has 2 heterocycles. The van der Waals surface area contributed by atoms with Crippen molar-refractivity contribution < 1.29 is 13.9 Å². The second kappa shape index (κ2) is 6.02. The molecular weight excluding hydrogens is 271 g/mol. The highest BCUT2D eigenvalue weighted by Crippen LogP contribution is 2.33. The van der Waals surface area contributed by atoms with Crippen molar-refractivity contribution in [2.45, 2.75) is 31.7 Å². The number of carbonyl (C=O) groups is 1. The minimum atomic E-state index is -0.341. The summed E-state index contributed by atoms with van der Waals surface area (Å²) in [5, 5.41) is 0. The minimum absolute atomic E-state index is 0.0408. The van der Waals surface area contributed by atoms with Crippen molar-refractivity contribution in [3.05, 3.63) is 24.0 Å². The fourth-order valence-corrected chi connectivity index (χ4v) is 3.21. The van der Waals surface area contributed by atoms with E-state index in [0.29, 0.717) is 24.0 Å². The van der Waals surface area contributed by atoms with Crippen LogP contribution in [0.5, 0.6) is 5.75 Å². The Bertz CT molecular complexity index is 535. The van der Waals surface area contributed by atoms with Crippen LogP contribution in [-0.2, 0) is 4.79 Å². The molecule has 0 saturated carbocycles. The number of hydrogen-bond acceptors (Lipinski definition) is 3. The largest absolute Gasteiger partial charge is 0.482 e. The van der Waals surface area contributed by atoms with Crippen molar-refractivity contribution in [1.82, 2.24) is 4.90 Å². The van der Waals surface area contributed by atoms with Gasteiger partial charge < -0.3 is 14.5 Å². The molecule has 0 bridgehead atoms. The van der Waals surface area contributed by atoms with E-state index in [1.807, 2.05) is 0 Å². The summed E-state index contributed by atoms with van der Waals surface area (Å²) in [5.74, 6) is 0.159. The Hall–Kier alpha value is -1.62. The van der Waals surface area contributed by atoms with Crippen LogP contribution < -0.4 is 9.64 Å². The van der Waals surface area contributed by atoms with E-state index in [2.05, 4.69) is 11.9 Å². The third-order valence-electron chi connectivity index (χ3n) is 4.47. The van der Waals surface area contributed by atoms with Gasteiger partial charge in [0.25, 0.3) is 5.91 Å². The molecule has 0 aromatic heterocycles. The van der Waals surface area contributed by atoms with Gasteiger partial charge in [-0.2, -0.15) is 0 Å². The Morgan fingerprint density at radius 2 is 2.24 bits per heavy atom. The lowest BCUT2D eigenvalue weighted by atomic mass is 9.99. The van der Waals surface area contributed by atoms with Gasteiger partial charge in [0.1, 0.15) is 11.6 Å². The molecule has 2 aliphatic rings. The number of carbonyl (C=O) groups excluding carboxylic acids is 1. The molecule has 5 heteroatoms. The Balaban J connectivity index is 1.72. The summed E-state index contributed by atoms with van der Waals surface area (Å²) in [5.41, 5.74) is 0.560. The van der Waals surface area contributed by atoms with Crippen LogP contribution in [0.2, 0.25) is 0 Å². The maximum Gasteiger partial charge on any atom is 0.265 e. The van der Waals surface area contributed by atoms with E-state index in [-0.39, 0.29) is 18.3 Å². The molecule has 0 spiro atoms. The third kappa shape index (κ3) is 3.02. The number of halogens is 1. The molecule has 1 saturated heterocycles. The predicted molar refractivity (Wildman–Crippen MR) is 79.1 cm³/mol. The Morgan fingerprint density at radius 1 is 1.38 bits per heavy atom. The first-order chi connectivity index (χ1) is 10.1. The smallest absolute Gasteiger partial charge is 0.265 e. The van der Waals surface area contributed by atoms with Crippen molar-refractivity contribution in [3.63, 3.8) is 0 Å². The van der Waals surface area contributed by atoms with Gasteiger partial charge in [0.15, 0.2) is 6.61 Å². The zero-order valence-corrected chi connectivity index (χ0v) is 12.3. The third-order valence-corrected chi connectivity index (χ3v) is 4.47. The number of hydrogen-bond donors (Lipinski definition) is 0. The molecule has 1 atom stereocenters. The van der Waals surface area contributed by atoms with Crippen LogP contribution in [0.3, 0.4) is 0 Å². The van der Waals surface area contributed by atoms with E-state index < -0.39 is 0 Å². The van der Waals surface area contributed by atoms with Crippen molar-refractivity contribution in [1.29, 1.82) is 0 Å². The maximum absolute atomic E-state index is 13.5. The fraction of sp³-hybridized carbons (Fsp3) is 0.562. The van der Waals surface area contributed by atoms with Gasteiger partial charge in [0.2, 0.25) is 0 Å². The maximum atomic E-state index is 13.5. The van der Waals surface area contributed by atoms with Gasteiger partial charge in [0, 0.05) is 18.7 Å². The van der Waals surface area contributed by atoms with E-state index in [0.717, 1.165) is 13.0 Å². The normalized spacial score (nSPS) is 22.9. The Morgan fingerprint density at radius 3 is 3.05 bits per heavy atom. The van der Waals surface area contributed by atoms with Crippen molar-refractivity contribution in [2.75, 3.05) is 31.6 Å². The second-order valence-corrected chi connectivity index (χ2v) is 5.86. The summed E-state index contributed by atoms with van der Waals surface area (Å²) in [6.07, 6.45) is 4.58. The van der Waals surface area contributed by atoms with Crippen molar-refractivity contribution in [2.24, 2.45) is 0 Å². The Kier molecular flexibility index (Phi) is 4.10. The molecule has 1 amide bonds. The zero-order chi connectivity index (χ0) is 14.8. The molecule has 1 aromatic carbocycles. The average molecular weight is 292 g/mol. The molecule has 0 aliphatic carbocycles. The standard InChI is InChI=1S/C16H21FN2O2/c1-18-8-3-2-4-13(18)7-9-19-14-10-12(17)5-6-15(14)21-11-16(19)20/h5-6,10,13H,2-4,7-9,11H2,1H3/t13-/m1/s1. The highest BCUT2D eigenvalue weighted by Gasteiger charge is 2.27. The van der Waals surface area contributed by atoms with Gasteiger partial charge in [-0.1, -0.05) is 6.42 Å². The summed E-state index contributed by atoms with van der Waals surface area (Å²) in [4.78, 5) is 16.1. The number of amides is 1. The number of ether oxygens (including phenoxy) is 1. The molecule has 21 heavy (non-hydrogen) atoms. The summed E-state index contributed by atoms with van der Waals surface area (Å²) in [6.45, 7) is 1.78. The van der Waals surface area contributed by atoms with Gasteiger partial charge in [-0.3, -0.25) is 4.79 Å². The lowest BCUT2D eigenvalue weighted by Gasteiger charge is -2.35. The first-order valence-corrected chi connectivity index (χ1v) is 7.58. The molecule has 0 N–H and O–H groups in total. The first kappa shape index (κ1) is 14.3. The summed E-state index contributed by atoms with van der Waals surface area (Å²) >= 11 is 0. The molecule has 3 rings (SSSR count). The monoisotopic (exact) mass is 292 g/mol. The number of fused-ring (bicyclic) bond motifs is 1. The first-order valence-electron chi connectivity index (χ1n) is 7.58.